The Morgan fingerprint density at radius 2 is 1.88 bits per heavy atom. The Balaban J connectivity index is 1.37. The molecule has 6 heteroatoms. The summed E-state index contributed by atoms with van der Waals surface area (Å²) < 4.78 is 0. The Kier molecular flexibility index (Phi) is 8.60. The van der Waals surface area contributed by atoms with Crippen molar-refractivity contribution in [3.63, 3.8) is 0 Å². The molecule has 178 valence electrons. The summed E-state index contributed by atoms with van der Waals surface area (Å²) in [6, 6.07) is 16.8. The first-order valence-corrected chi connectivity index (χ1v) is 12.9. The lowest BCUT2D eigenvalue weighted by Crippen LogP contribution is -2.62. The molecule has 0 aromatic heterocycles. The van der Waals surface area contributed by atoms with Gasteiger partial charge in [0.1, 0.15) is 0 Å². The van der Waals surface area contributed by atoms with Crippen molar-refractivity contribution in [3.05, 3.63) is 65.2 Å². The molecule has 0 radical (unpaired) electrons. The van der Waals surface area contributed by atoms with Crippen molar-refractivity contribution < 1.29 is 9.59 Å². The first kappa shape index (κ1) is 25.3. The number of likely N-dealkylation sites (tertiary alicyclic amines) is 1. The fourth-order valence-electron chi connectivity index (χ4n) is 4.23. The minimum atomic E-state index is -0.219. The number of carbonyl (C=O) groups is 2. The molecule has 1 aliphatic heterocycles. The van der Waals surface area contributed by atoms with E-state index in [1.165, 1.54) is 10.5 Å². The van der Waals surface area contributed by atoms with Crippen LogP contribution in [0.3, 0.4) is 0 Å². The van der Waals surface area contributed by atoms with Gasteiger partial charge in [-0.1, -0.05) is 43.7 Å². The molecule has 0 bridgehead atoms. The van der Waals surface area contributed by atoms with E-state index in [2.05, 4.69) is 66.8 Å². The number of hydrogen-bond donors (Lipinski definition) is 2. The quantitative estimate of drug-likeness (QED) is 0.509. The summed E-state index contributed by atoms with van der Waals surface area (Å²) >= 11 is 1.78. The molecule has 1 atom stereocenters. The third-order valence-corrected chi connectivity index (χ3v) is 7.35. The van der Waals surface area contributed by atoms with E-state index in [0.717, 1.165) is 31.5 Å². The molecule has 2 aromatic rings. The average Bonchev–Trinajstić information content (AvgIpc) is 2.78. The van der Waals surface area contributed by atoms with Crippen LogP contribution in [-0.4, -0.2) is 54.7 Å². The molecule has 1 heterocycles. The number of benzene rings is 2. The van der Waals surface area contributed by atoms with Gasteiger partial charge in [-0.2, -0.15) is 0 Å². The lowest BCUT2D eigenvalue weighted by atomic mass is 9.79. The third kappa shape index (κ3) is 7.08. The lowest BCUT2D eigenvalue weighted by molar-refractivity contribution is -0.122. The molecular weight excluding hydrogens is 430 g/mol. The van der Waals surface area contributed by atoms with E-state index < -0.39 is 0 Å². The highest BCUT2D eigenvalue weighted by molar-refractivity contribution is 7.98. The molecule has 33 heavy (non-hydrogen) atoms. The Labute approximate surface area is 202 Å². The molecule has 1 aliphatic rings. The second-order valence-electron chi connectivity index (χ2n) is 9.77. The molecule has 1 saturated heterocycles. The molecular formula is C27H37N3O2S. The molecule has 0 aliphatic carbocycles. The van der Waals surface area contributed by atoms with Gasteiger partial charge in [0, 0.05) is 29.6 Å². The fourth-order valence-corrected chi connectivity index (χ4v) is 4.69. The van der Waals surface area contributed by atoms with E-state index in [1.54, 1.807) is 17.8 Å². The highest BCUT2D eigenvalue weighted by Crippen LogP contribution is 2.32. The van der Waals surface area contributed by atoms with Crippen LogP contribution in [0, 0.1) is 6.92 Å². The van der Waals surface area contributed by atoms with Crippen LogP contribution in [0.15, 0.2) is 53.4 Å². The zero-order valence-corrected chi connectivity index (χ0v) is 21.3. The number of hydrogen-bond acceptors (Lipinski definition) is 4. The third-order valence-electron chi connectivity index (χ3n) is 6.63. The highest BCUT2D eigenvalue weighted by Gasteiger charge is 2.32. The normalized spacial score (nSPS) is 15.5. The van der Waals surface area contributed by atoms with Crippen LogP contribution in [0.5, 0.6) is 0 Å². The number of carbonyl (C=O) groups excluding carboxylic acids is 2. The van der Waals surface area contributed by atoms with E-state index >= 15 is 0 Å². The summed E-state index contributed by atoms with van der Waals surface area (Å²) in [5, 5.41) is 5.74. The summed E-state index contributed by atoms with van der Waals surface area (Å²) in [5.41, 5.74) is 3.12. The van der Waals surface area contributed by atoms with Gasteiger partial charge in [-0.05, 0) is 68.2 Å². The second kappa shape index (κ2) is 11.2. The van der Waals surface area contributed by atoms with Gasteiger partial charge in [-0.15, -0.1) is 11.8 Å². The Morgan fingerprint density at radius 1 is 1.15 bits per heavy atom. The van der Waals surface area contributed by atoms with Gasteiger partial charge < -0.3 is 10.6 Å². The molecule has 2 aromatic carbocycles. The predicted molar refractivity (Wildman–Crippen MR) is 137 cm³/mol. The maximum atomic E-state index is 12.2. The molecule has 0 saturated carbocycles. The lowest BCUT2D eigenvalue weighted by Gasteiger charge is -2.44. The van der Waals surface area contributed by atoms with Crippen LogP contribution in [0.25, 0.3) is 0 Å². The van der Waals surface area contributed by atoms with Gasteiger partial charge in [0.25, 0.3) is 5.91 Å². The van der Waals surface area contributed by atoms with Crippen LogP contribution < -0.4 is 10.6 Å². The van der Waals surface area contributed by atoms with Crippen molar-refractivity contribution in [1.82, 2.24) is 15.5 Å². The maximum Gasteiger partial charge on any atom is 0.251 e. The Morgan fingerprint density at radius 3 is 2.58 bits per heavy atom. The number of nitrogens with one attached hydrogen (secondary N) is 2. The summed E-state index contributed by atoms with van der Waals surface area (Å²) in [6.45, 7) is 10.6. The van der Waals surface area contributed by atoms with Gasteiger partial charge in [0.05, 0.1) is 12.6 Å². The van der Waals surface area contributed by atoms with Crippen LogP contribution >= 0.6 is 11.8 Å². The summed E-state index contributed by atoms with van der Waals surface area (Å²) in [5.74, 6) is -0.355. The van der Waals surface area contributed by atoms with E-state index in [-0.39, 0.29) is 29.8 Å². The standard InChI is InChI=1S/C27H37N3O2S/c1-19-8-6-9-21(14-19)26(32)28-16-25(31)29-23-17-30(18-23)20(2)12-13-27(3,4)22-10-7-11-24(15-22)33-5/h6-11,14-15,20,23H,12-13,16-18H2,1-5H3,(H,28,32)(H,29,31). The van der Waals surface area contributed by atoms with Crippen molar-refractivity contribution in [2.75, 3.05) is 25.9 Å². The van der Waals surface area contributed by atoms with E-state index in [0.29, 0.717) is 11.6 Å². The van der Waals surface area contributed by atoms with Gasteiger partial charge in [-0.25, -0.2) is 0 Å². The SMILES string of the molecule is CSc1cccc(C(C)(C)CCC(C)N2CC(NC(=O)CNC(=O)c3cccc(C)c3)C2)c1. The van der Waals surface area contributed by atoms with Crippen molar-refractivity contribution in [1.29, 1.82) is 0 Å². The molecule has 1 fully saturated rings. The molecule has 5 nitrogen and oxygen atoms in total. The molecule has 2 N–H and O–H groups in total. The van der Waals surface area contributed by atoms with Crippen LogP contribution in [0.4, 0.5) is 0 Å². The zero-order chi connectivity index (χ0) is 24.0. The van der Waals surface area contributed by atoms with Gasteiger partial charge in [0.2, 0.25) is 5.91 Å². The first-order valence-electron chi connectivity index (χ1n) is 11.7. The van der Waals surface area contributed by atoms with E-state index in [9.17, 15) is 9.59 Å². The summed E-state index contributed by atoms with van der Waals surface area (Å²) in [6.07, 6.45) is 4.35. The van der Waals surface area contributed by atoms with Gasteiger partial charge in [0.15, 0.2) is 0 Å². The van der Waals surface area contributed by atoms with Crippen molar-refractivity contribution in [2.24, 2.45) is 0 Å². The monoisotopic (exact) mass is 467 g/mol. The topological polar surface area (TPSA) is 61.4 Å². The van der Waals surface area contributed by atoms with Gasteiger partial charge in [-0.3, -0.25) is 14.5 Å². The van der Waals surface area contributed by atoms with E-state index in [1.807, 2.05) is 25.1 Å². The Hall–Kier alpha value is -2.31. The van der Waals surface area contributed by atoms with Crippen LogP contribution in [-0.2, 0) is 10.2 Å². The van der Waals surface area contributed by atoms with E-state index in [4.69, 9.17) is 0 Å². The second-order valence-corrected chi connectivity index (χ2v) is 10.7. The molecule has 3 rings (SSSR count). The average molecular weight is 468 g/mol. The first-order chi connectivity index (χ1) is 15.7. The zero-order valence-electron chi connectivity index (χ0n) is 20.5. The largest absolute Gasteiger partial charge is 0.349 e. The predicted octanol–water partition coefficient (Wildman–Crippen LogP) is 4.39. The van der Waals surface area contributed by atoms with Crippen molar-refractivity contribution >= 4 is 23.6 Å². The smallest absolute Gasteiger partial charge is 0.251 e. The summed E-state index contributed by atoms with van der Waals surface area (Å²) in [7, 11) is 0. The highest BCUT2D eigenvalue weighted by atomic mass is 32.2. The number of nitrogens with zero attached hydrogens (tertiary/aromatic N) is 1. The van der Waals surface area contributed by atoms with Crippen LogP contribution in [0.2, 0.25) is 0 Å². The Bertz CT molecular complexity index is 969. The van der Waals surface area contributed by atoms with Gasteiger partial charge >= 0.3 is 0 Å². The number of aryl methyl sites for hydroxylation is 1. The molecule has 1 unspecified atom stereocenters. The minimum Gasteiger partial charge on any atom is -0.349 e. The summed E-state index contributed by atoms with van der Waals surface area (Å²) in [4.78, 5) is 28.2. The van der Waals surface area contributed by atoms with Crippen molar-refractivity contribution in [3.8, 4) is 0 Å². The van der Waals surface area contributed by atoms with Crippen molar-refractivity contribution in [2.45, 2.75) is 62.9 Å². The molecule has 0 spiro atoms. The fraction of sp³-hybridized carbons (Fsp3) is 0.481. The van der Waals surface area contributed by atoms with Crippen LogP contribution in [0.1, 0.15) is 55.1 Å². The molecule has 2 amide bonds. The number of thioether (sulfide) groups is 1. The number of rotatable bonds is 10. The number of amides is 2. The minimum absolute atomic E-state index is 0.00211. The maximum absolute atomic E-state index is 12.2.